The number of hydrogen-bond donors (Lipinski definition) is 0. The van der Waals surface area contributed by atoms with Crippen LogP contribution >= 0.6 is 0 Å². The van der Waals surface area contributed by atoms with E-state index < -0.39 is 9.05 Å². The zero-order valence-electron chi connectivity index (χ0n) is 31.2. The van der Waals surface area contributed by atoms with E-state index in [1.165, 1.54) is 38.5 Å². The summed E-state index contributed by atoms with van der Waals surface area (Å²) in [6.45, 7) is 20.5. The van der Waals surface area contributed by atoms with Crippen LogP contribution in [0.2, 0.25) is 0 Å². The number of rotatable bonds is 28. The predicted octanol–water partition coefficient (Wildman–Crippen LogP) is 11.7. The lowest BCUT2D eigenvalue weighted by Crippen LogP contribution is -2.55. The van der Waals surface area contributed by atoms with E-state index in [9.17, 15) is 0 Å². The third-order valence-electron chi connectivity index (χ3n) is 8.40. The van der Waals surface area contributed by atoms with E-state index in [1.807, 2.05) is 48.5 Å². The lowest BCUT2D eigenvalue weighted by molar-refractivity contribution is 0.0337. The summed E-state index contributed by atoms with van der Waals surface area (Å²) in [5.41, 5.74) is 0. The van der Waals surface area contributed by atoms with Crippen LogP contribution in [-0.2, 0) is 8.85 Å². The fraction of sp³-hybridized carbons (Fsp3) is 0.700. The molecule has 0 aliphatic heterocycles. The Morgan fingerprint density at radius 3 is 1.15 bits per heavy atom. The molecular formula is C40H68O6Si. The van der Waals surface area contributed by atoms with E-state index in [-0.39, 0.29) is 0 Å². The zero-order valence-corrected chi connectivity index (χ0v) is 32.2. The molecule has 0 aromatic heterocycles. The largest absolute Gasteiger partial charge is 0.820 e. The van der Waals surface area contributed by atoms with Crippen molar-refractivity contribution in [2.45, 2.75) is 132 Å². The molecule has 0 radical (unpaired) electrons. The summed E-state index contributed by atoms with van der Waals surface area (Å²) in [4.78, 5) is 0. The van der Waals surface area contributed by atoms with Crippen molar-refractivity contribution in [2.24, 2.45) is 23.7 Å². The van der Waals surface area contributed by atoms with E-state index in [0.717, 1.165) is 61.9 Å². The zero-order chi connectivity index (χ0) is 34.3. The summed E-state index contributed by atoms with van der Waals surface area (Å²) < 4.78 is 38.5. The van der Waals surface area contributed by atoms with Gasteiger partial charge < -0.3 is 27.2 Å². The lowest BCUT2D eigenvalue weighted by atomic mass is 9.98. The van der Waals surface area contributed by atoms with Gasteiger partial charge in [0.05, 0.1) is 13.2 Å². The summed E-state index contributed by atoms with van der Waals surface area (Å²) in [5, 5.41) is 0. The molecule has 268 valence electrons. The Morgan fingerprint density at radius 2 is 0.809 bits per heavy atom. The molecule has 7 heteroatoms. The van der Waals surface area contributed by atoms with Gasteiger partial charge in [0.1, 0.15) is 23.0 Å². The summed E-state index contributed by atoms with van der Waals surface area (Å²) in [6.07, 6.45) is 13.4. The number of benzene rings is 2. The highest BCUT2D eigenvalue weighted by Crippen LogP contribution is 2.28. The van der Waals surface area contributed by atoms with Gasteiger partial charge >= 0.3 is 9.05 Å². The van der Waals surface area contributed by atoms with Crippen LogP contribution in [0, 0.1) is 23.7 Å². The number of unbranched alkanes of at least 4 members (excludes halogenated alkanes) is 2. The van der Waals surface area contributed by atoms with E-state index in [2.05, 4.69) is 55.4 Å². The molecule has 0 N–H and O–H groups in total. The highest BCUT2D eigenvalue weighted by atomic mass is 28.4. The molecule has 0 spiro atoms. The van der Waals surface area contributed by atoms with Crippen molar-refractivity contribution in [2.75, 3.05) is 26.4 Å². The van der Waals surface area contributed by atoms with Crippen molar-refractivity contribution >= 4 is 9.05 Å². The SMILES string of the molecule is CCCCOc1ccc(O[Si](OCCC(C)CCCC(C)C)(OCCC(C)CCCC(C)C)Oc2ccc(OCCCC)cc2)cc1. The van der Waals surface area contributed by atoms with Crippen molar-refractivity contribution in [1.82, 2.24) is 0 Å². The van der Waals surface area contributed by atoms with Crippen LogP contribution in [0.15, 0.2) is 48.5 Å². The summed E-state index contributed by atoms with van der Waals surface area (Å²) in [5.74, 6) is 5.49. The molecule has 0 heterocycles. The smallest absolute Gasteiger partial charge is 0.494 e. The first kappa shape index (κ1) is 40.9. The Balaban J connectivity index is 2.26. The first-order valence-corrected chi connectivity index (χ1v) is 20.4. The first-order chi connectivity index (χ1) is 22.6. The highest BCUT2D eigenvalue weighted by molar-refractivity contribution is 6.55. The Morgan fingerprint density at radius 1 is 0.447 bits per heavy atom. The van der Waals surface area contributed by atoms with Gasteiger partial charge in [-0.2, -0.15) is 0 Å². The second kappa shape index (κ2) is 24.0. The third kappa shape index (κ3) is 18.8. The molecular weight excluding hydrogens is 605 g/mol. The Labute approximate surface area is 289 Å². The number of ether oxygens (including phenoxy) is 2. The van der Waals surface area contributed by atoms with Crippen molar-refractivity contribution in [3.05, 3.63) is 48.5 Å². The van der Waals surface area contributed by atoms with Crippen LogP contribution in [-0.4, -0.2) is 35.5 Å². The second-order valence-corrected chi connectivity index (χ2v) is 16.2. The van der Waals surface area contributed by atoms with E-state index in [1.54, 1.807) is 0 Å². The van der Waals surface area contributed by atoms with Crippen LogP contribution in [0.25, 0.3) is 0 Å². The van der Waals surface area contributed by atoms with Gasteiger partial charge in [0.2, 0.25) is 0 Å². The van der Waals surface area contributed by atoms with Crippen molar-refractivity contribution < 1.29 is 27.2 Å². The van der Waals surface area contributed by atoms with Crippen LogP contribution in [0.5, 0.6) is 23.0 Å². The maximum absolute atomic E-state index is 6.67. The molecule has 0 fully saturated rings. The van der Waals surface area contributed by atoms with Crippen LogP contribution in [0.1, 0.15) is 132 Å². The topological polar surface area (TPSA) is 55.4 Å². The van der Waals surface area contributed by atoms with Gasteiger partial charge in [0.15, 0.2) is 0 Å². The Kier molecular flexibility index (Phi) is 20.9. The molecule has 0 amide bonds. The predicted molar refractivity (Wildman–Crippen MR) is 198 cm³/mol. The van der Waals surface area contributed by atoms with Gasteiger partial charge in [-0.25, -0.2) is 0 Å². The summed E-state index contributed by atoms with van der Waals surface area (Å²) >= 11 is 0. The minimum absolute atomic E-state index is 0.509. The molecule has 0 aliphatic rings. The van der Waals surface area contributed by atoms with Gasteiger partial charge in [0, 0.05) is 13.2 Å². The fourth-order valence-corrected chi connectivity index (χ4v) is 7.10. The van der Waals surface area contributed by atoms with Gasteiger partial charge in [-0.1, -0.05) is 107 Å². The van der Waals surface area contributed by atoms with Crippen LogP contribution < -0.4 is 18.3 Å². The van der Waals surface area contributed by atoms with E-state index in [0.29, 0.717) is 49.8 Å². The van der Waals surface area contributed by atoms with Crippen molar-refractivity contribution in [3.8, 4) is 23.0 Å². The maximum Gasteiger partial charge on any atom is 0.820 e. The van der Waals surface area contributed by atoms with Gasteiger partial charge in [-0.3, -0.25) is 0 Å². The Hall–Kier alpha value is -2.22. The normalized spacial score (nSPS) is 13.1. The molecule has 0 bridgehead atoms. The van der Waals surface area contributed by atoms with Gasteiger partial charge in [0.25, 0.3) is 0 Å². The standard InChI is InChI=1S/C40H68O6Si/c1-9-11-29-41-37-19-23-39(24-20-37)45-47(43-31-27-35(7)17-13-15-33(3)4,44-32-28-36(8)18-14-16-34(5)6)46-40-25-21-38(22-26-40)42-30-12-10-2/h19-26,33-36H,9-18,27-32H2,1-8H3. The minimum atomic E-state index is -3.69. The van der Waals surface area contributed by atoms with Crippen LogP contribution in [0.4, 0.5) is 0 Å². The molecule has 0 saturated carbocycles. The minimum Gasteiger partial charge on any atom is -0.494 e. The van der Waals surface area contributed by atoms with Crippen molar-refractivity contribution in [3.63, 3.8) is 0 Å². The summed E-state index contributed by atoms with van der Waals surface area (Å²) in [7, 11) is -3.69. The summed E-state index contributed by atoms with van der Waals surface area (Å²) in [6, 6.07) is 15.5. The molecule has 47 heavy (non-hydrogen) atoms. The average Bonchev–Trinajstić information content (AvgIpc) is 3.03. The molecule has 0 saturated heterocycles. The molecule has 6 nitrogen and oxygen atoms in total. The number of hydrogen-bond acceptors (Lipinski definition) is 6. The second-order valence-electron chi connectivity index (χ2n) is 14.2. The van der Waals surface area contributed by atoms with E-state index in [4.69, 9.17) is 27.2 Å². The molecule has 2 aromatic rings. The molecule has 2 aromatic carbocycles. The average molecular weight is 673 g/mol. The van der Waals surface area contributed by atoms with Gasteiger partial charge in [-0.05, 0) is 97.9 Å². The fourth-order valence-electron chi connectivity index (χ4n) is 5.15. The molecule has 0 aliphatic carbocycles. The third-order valence-corrected chi connectivity index (χ3v) is 10.5. The highest BCUT2D eigenvalue weighted by Gasteiger charge is 2.52. The molecule has 2 atom stereocenters. The molecule has 2 rings (SSSR count). The van der Waals surface area contributed by atoms with Crippen molar-refractivity contribution in [1.29, 1.82) is 0 Å². The molecule has 2 unspecified atom stereocenters. The van der Waals surface area contributed by atoms with Gasteiger partial charge in [-0.15, -0.1) is 0 Å². The maximum atomic E-state index is 6.67. The Bertz CT molecular complexity index is 943. The van der Waals surface area contributed by atoms with Crippen LogP contribution in [0.3, 0.4) is 0 Å². The first-order valence-electron chi connectivity index (χ1n) is 18.8. The quantitative estimate of drug-likeness (QED) is 0.0662. The monoisotopic (exact) mass is 672 g/mol. The van der Waals surface area contributed by atoms with E-state index >= 15 is 0 Å². The lowest BCUT2D eigenvalue weighted by Gasteiger charge is -2.29.